The molecule has 0 spiro atoms. The molecule has 0 amide bonds. The first-order chi connectivity index (χ1) is 5.43. The number of carbonyl (C=O) groups excluding carboxylic acids is 3. The third kappa shape index (κ3) is 4.55. The fraction of sp³-hybridized carbons (Fsp3) is 0.444. The normalized spacial score (nSPS) is 11.1. The van der Waals surface area contributed by atoms with Gasteiger partial charge in [0.1, 0.15) is 5.78 Å². The molecule has 0 bridgehead atoms. The summed E-state index contributed by atoms with van der Waals surface area (Å²) in [5, 5.41) is 0. The smallest absolute Gasteiger partial charge is 0.156 e. The number of hydrogen-bond donors (Lipinski definition) is 0. The Bertz CT molecular complexity index is 248. The SMILES string of the molecule is CC(=O)/C=C(/CC(C)=O)C(C)=O. The number of carbonyl (C=O) groups is 3. The number of Topliss-reactive ketones (excluding diaryl/α,β-unsaturated/α-hetero) is 2. The van der Waals surface area contributed by atoms with Crippen LogP contribution in [-0.2, 0) is 14.4 Å². The Balaban J connectivity index is 4.55. The highest BCUT2D eigenvalue weighted by Gasteiger charge is 2.07. The van der Waals surface area contributed by atoms with E-state index in [0.717, 1.165) is 0 Å². The van der Waals surface area contributed by atoms with E-state index in [1.807, 2.05) is 0 Å². The molecule has 0 N–H and O–H groups in total. The first-order valence-electron chi connectivity index (χ1n) is 3.65. The molecular weight excluding hydrogens is 156 g/mol. The first kappa shape index (κ1) is 10.8. The van der Waals surface area contributed by atoms with Crippen LogP contribution < -0.4 is 0 Å². The van der Waals surface area contributed by atoms with Gasteiger partial charge in [0.05, 0.1) is 0 Å². The molecule has 12 heavy (non-hydrogen) atoms. The zero-order valence-corrected chi connectivity index (χ0v) is 7.51. The van der Waals surface area contributed by atoms with E-state index in [9.17, 15) is 14.4 Å². The molecule has 0 radical (unpaired) electrons. The Kier molecular flexibility index (Phi) is 4.11. The highest BCUT2D eigenvalue weighted by molar-refractivity contribution is 6.04. The van der Waals surface area contributed by atoms with E-state index < -0.39 is 0 Å². The molecule has 0 aliphatic heterocycles. The second-order valence-corrected chi connectivity index (χ2v) is 2.72. The van der Waals surface area contributed by atoms with Crippen molar-refractivity contribution in [3.8, 4) is 0 Å². The summed E-state index contributed by atoms with van der Waals surface area (Å²) in [5.74, 6) is -0.542. The van der Waals surface area contributed by atoms with E-state index in [2.05, 4.69) is 0 Å². The Morgan fingerprint density at radius 3 is 1.83 bits per heavy atom. The van der Waals surface area contributed by atoms with E-state index >= 15 is 0 Å². The molecule has 0 saturated heterocycles. The largest absolute Gasteiger partial charge is 0.300 e. The van der Waals surface area contributed by atoms with Crippen LogP contribution in [0.1, 0.15) is 27.2 Å². The van der Waals surface area contributed by atoms with Gasteiger partial charge in [0.2, 0.25) is 0 Å². The lowest BCUT2D eigenvalue weighted by molar-refractivity contribution is -0.119. The molecule has 0 aliphatic rings. The van der Waals surface area contributed by atoms with Gasteiger partial charge in [-0.15, -0.1) is 0 Å². The lowest BCUT2D eigenvalue weighted by Crippen LogP contribution is -2.04. The fourth-order valence-corrected chi connectivity index (χ4v) is 0.791. The summed E-state index contributed by atoms with van der Waals surface area (Å²) in [4.78, 5) is 32.1. The van der Waals surface area contributed by atoms with Gasteiger partial charge in [0, 0.05) is 12.0 Å². The van der Waals surface area contributed by atoms with Crippen LogP contribution in [0.25, 0.3) is 0 Å². The zero-order valence-electron chi connectivity index (χ0n) is 7.51. The van der Waals surface area contributed by atoms with Crippen LogP contribution in [0.4, 0.5) is 0 Å². The van der Waals surface area contributed by atoms with Crippen LogP contribution in [0.3, 0.4) is 0 Å². The monoisotopic (exact) mass is 168 g/mol. The minimum absolute atomic E-state index is 0.0505. The Hall–Kier alpha value is -1.25. The molecule has 3 nitrogen and oxygen atoms in total. The molecule has 3 heteroatoms. The van der Waals surface area contributed by atoms with Gasteiger partial charge in [-0.2, -0.15) is 0 Å². The molecule has 0 aromatic rings. The van der Waals surface area contributed by atoms with Gasteiger partial charge >= 0.3 is 0 Å². The van der Waals surface area contributed by atoms with Crippen molar-refractivity contribution in [3.63, 3.8) is 0 Å². The van der Waals surface area contributed by atoms with Gasteiger partial charge in [0.25, 0.3) is 0 Å². The molecule has 0 atom stereocenters. The fourth-order valence-electron chi connectivity index (χ4n) is 0.791. The molecule has 0 heterocycles. The van der Waals surface area contributed by atoms with Crippen molar-refractivity contribution in [1.82, 2.24) is 0 Å². The topological polar surface area (TPSA) is 51.2 Å². The highest BCUT2D eigenvalue weighted by atomic mass is 16.1. The Labute approximate surface area is 71.5 Å². The van der Waals surface area contributed by atoms with Crippen molar-refractivity contribution in [3.05, 3.63) is 11.6 Å². The standard InChI is InChI=1S/C9H12O3/c1-6(10)4-9(8(3)12)5-7(2)11/h4H,5H2,1-3H3/b9-4-. The molecular formula is C9H12O3. The van der Waals surface area contributed by atoms with Gasteiger partial charge in [0.15, 0.2) is 11.6 Å². The number of allylic oxidation sites excluding steroid dienone is 2. The molecule has 66 valence electrons. The van der Waals surface area contributed by atoms with Crippen LogP contribution in [0.5, 0.6) is 0 Å². The lowest BCUT2D eigenvalue weighted by atomic mass is 10.1. The molecule has 0 fully saturated rings. The van der Waals surface area contributed by atoms with Crippen molar-refractivity contribution in [2.75, 3.05) is 0 Å². The second-order valence-electron chi connectivity index (χ2n) is 2.72. The van der Waals surface area contributed by atoms with Crippen molar-refractivity contribution in [1.29, 1.82) is 0 Å². The molecule has 0 aromatic heterocycles. The third-order valence-corrected chi connectivity index (χ3v) is 1.27. The second kappa shape index (κ2) is 4.59. The van der Waals surface area contributed by atoms with Crippen molar-refractivity contribution < 1.29 is 14.4 Å². The summed E-state index contributed by atoms with van der Waals surface area (Å²) in [5.41, 5.74) is 0.287. The molecule has 0 aromatic carbocycles. The minimum atomic E-state index is -0.222. The molecule has 0 unspecified atom stereocenters. The van der Waals surface area contributed by atoms with Gasteiger partial charge in [-0.1, -0.05) is 0 Å². The maximum Gasteiger partial charge on any atom is 0.156 e. The average Bonchev–Trinajstić information content (AvgIpc) is 1.83. The van der Waals surface area contributed by atoms with Gasteiger partial charge in [-0.3, -0.25) is 14.4 Å². The summed E-state index contributed by atoms with van der Waals surface area (Å²) in [6, 6.07) is 0. The summed E-state index contributed by atoms with van der Waals surface area (Å²) in [6.07, 6.45) is 1.26. The molecule has 0 rings (SSSR count). The van der Waals surface area contributed by atoms with Gasteiger partial charge in [-0.25, -0.2) is 0 Å². The van der Waals surface area contributed by atoms with Crippen LogP contribution >= 0.6 is 0 Å². The summed E-state index contributed by atoms with van der Waals surface area (Å²) < 4.78 is 0. The number of ketones is 3. The first-order valence-corrected chi connectivity index (χ1v) is 3.65. The summed E-state index contributed by atoms with van der Waals surface area (Å²) >= 11 is 0. The van der Waals surface area contributed by atoms with Crippen LogP contribution in [0, 0.1) is 0 Å². The molecule has 0 aliphatic carbocycles. The van der Waals surface area contributed by atoms with E-state index in [0.29, 0.717) is 0 Å². The van der Waals surface area contributed by atoms with Gasteiger partial charge < -0.3 is 0 Å². The quantitative estimate of drug-likeness (QED) is 0.590. The number of rotatable bonds is 4. The van der Waals surface area contributed by atoms with Crippen LogP contribution in [0.2, 0.25) is 0 Å². The van der Waals surface area contributed by atoms with E-state index in [1.54, 1.807) is 0 Å². The maximum atomic E-state index is 10.8. The predicted octanol–water partition coefficient (Wildman–Crippen LogP) is 1.07. The summed E-state index contributed by atoms with van der Waals surface area (Å²) in [7, 11) is 0. The van der Waals surface area contributed by atoms with Crippen molar-refractivity contribution >= 4 is 17.3 Å². The summed E-state index contributed by atoms with van der Waals surface area (Å²) in [6.45, 7) is 4.08. The van der Waals surface area contributed by atoms with Crippen molar-refractivity contribution in [2.45, 2.75) is 27.2 Å². The predicted molar refractivity (Wildman–Crippen MR) is 44.7 cm³/mol. The Morgan fingerprint density at radius 2 is 1.58 bits per heavy atom. The van der Waals surface area contributed by atoms with E-state index in [-0.39, 0.29) is 29.3 Å². The Morgan fingerprint density at radius 1 is 1.08 bits per heavy atom. The third-order valence-electron chi connectivity index (χ3n) is 1.27. The maximum absolute atomic E-state index is 10.8. The van der Waals surface area contributed by atoms with Crippen LogP contribution in [0.15, 0.2) is 11.6 Å². The zero-order chi connectivity index (χ0) is 9.72. The lowest BCUT2D eigenvalue weighted by Gasteiger charge is -1.97. The average molecular weight is 168 g/mol. The molecule has 0 saturated carbocycles. The van der Waals surface area contributed by atoms with Crippen LogP contribution in [-0.4, -0.2) is 17.3 Å². The van der Waals surface area contributed by atoms with E-state index in [1.165, 1.54) is 26.8 Å². The number of hydrogen-bond acceptors (Lipinski definition) is 3. The minimum Gasteiger partial charge on any atom is -0.300 e. The van der Waals surface area contributed by atoms with E-state index in [4.69, 9.17) is 0 Å². The van der Waals surface area contributed by atoms with Gasteiger partial charge in [-0.05, 0) is 26.8 Å². The van der Waals surface area contributed by atoms with Crippen molar-refractivity contribution in [2.24, 2.45) is 0 Å². The highest BCUT2D eigenvalue weighted by Crippen LogP contribution is 2.03.